The normalized spacial score (nSPS) is 11.1. The molecule has 2 heterocycles. The number of carboxylic acid groups (broad SMARTS) is 3. The number of nitrogens with zero attached hydrogens (tertiary/aromatic N) is 4. The van der Waals surface area contributed by atoms with Gasteiger partial charge in [-0.05, 0) is 25.1 Å². The molecule has 0 fully saturated rings. The zero-order valence-electron chi connectivity index (χ0n) is 15.3. The van der Waals surface area contributed by atoms with Gasteiger partial charge in [0.15, 0.2) is 5.65 Å². The molecule has 12 heteroatoms. The Morgan fingerprint density at radius 3 is 2.33 bits per heavy atom. The number of carboxylic acids is 3. The molecule has 0 aliphatic heterocycles. The van der Waals surface area contributed by atoms with E-state index in [1.54, 1.807) is 0 Å². The van der Waals surface area contributed by atoms with Gasteiger partial charge in [0, 0.05) is 6.20 Å². The highest BCUT2D eigenvalue weighted by molar-refractivity contribution is 6.00. The van der Waals surface area contributed by atoms with Crippen LogP contribution in [0.15, 0.2) is 29.6 Å². The molecule has 0 atom stereocenters. The summed E-state index contributed by atoms with van der Waals surface area (Å²) in [4.78, 5) is 41.9. The SMILES string of the molecule is Cc1nc2nn(-c3cc(C(=O)O)cc(C(=O)O)c3)cc2c(C=NOCC(=O)O)c1O. The Morgan fingerprint density at radius 1 is 1.13 bits per heavy atom. The van der Waals surface area contributed by atoms with Gasteiger partial charge in [0.25, 0.3) is 0 Å². The number of aliphatic carboxylic acids is 1. The first-order valence-electron chi connectivity index (χ1n) is 8.25. The number of rotatable bonds is 7. The van der Waals surface area contributed by atoms with Gasteiger partial charge < -0.3 is 25.3 Å². The lowest BCUT2D eigenvalue weighted by Gasteiger charge is -2.05. The third kappa shape index (κ3) is 4.01. The van der Waals surface area contributed by atoms with Gasteiger partial charge in [-0.25, -0.2) is 24.0 Å². The van der Waals surface area contributed by atoms with Crippen LogP contribution in [0.25, 0.3) is 16.7 Å². The van der Waals surface area contributed by atoms with E-state index < -0.39 is 24.5 Å². The molecule has 4 N–H and O–H groups in total. The van der Waals surface area contributed by atoms with Crippen LogP contribution in [0.4, 0.5) is 0 Å². The number of aromatic hydroxyl groups is 1. The van der Waals surface area contributed by atoms with Crippen LogP contribution in [-0.4, -0.2) is 65.9 Å². The van der Waals surface area contributed by atoms with Gasteiger partial charge in [0.2, 0.25) is 6.61 Å². The lowest BCUT2D eigenvalue weighted by molar-refractivity contribution is -0.142. The molecule has 0 saturated carbocycles. The zero-order chi connectivity index (χ0) is 22.0. The van der Waals surface area contributed by atoms with Gasteiger partial charge >= 0.3 is 17.9 Å². The molecule has 0 unspecified atom stereocenters. The summed E-state index contributed by atoms with van der Waals surface area (Å²) in [7, 11) is 0. The minimum Gasteiger partial charge on any atom is -0.505 e. The predicted molar refractivity (Wildman–Crippen MR) is 100 cm³/mol. The van der Waals surface area contributed by atoms with E-state index in [4.69, 9.17) is 5.11 Å². The molecule has 0 aliphatic carbocycles. The molecule has 0 bridgehead atoms. The van der Waals surface area contributed by atoms with Crippen molar-refractivity contribution >= 4 is 35.2 Å². The molecule has 2 aromatic heterocycles. The van der Waals surface area contributed by atoms with E-state index in [2.05, 4.69) is 20.1 Å². The quantitative estimate of drug-likeness (QED) is 0.324. The van der Waals surface area contributed by atoms with Crippen LogP contribution >= 0.6 is 0 Å². The van der Waals surface area contributed by atoms with Crippen molar-refractivity contribution < 1.29 is 39.6 Å². The van der Waals surface area contributed by atoms with Gasteiger partial charge in [-0.1, -0.05) is 5.16 Å². The summed E-state index contributed by atoms with van der Waals surface area (Å²) in [6.07, 6.45) is 2.49. The van der Waals surface area contributed by atoms with E-state index in [0.29, 0.717) is 5.39 Å². The minimum absolute atomic E-state index is 0.141. The molecule has 0 amide bonds. The van der Waals surface area contributed by atoms with E-state index >= 15 is 0 Å². The largest absolute Gasteiger partial charge is 0.505 e. The van der Waals surface area contributed by atoms with Crippen molar-refractivity contribution in [2.75, 3.05) is 6.61 Å². The standard InChI is InChI=1S/C18H14N4O8/c1-8-15(25)12(5-19-30-7-14(23)24)13-6-22(21-16(13)20-8)11-3-9(17(26)27)2-10(4-11)18(28)29/h2-6,25H,7H2,1H3,(H,23,24)(H,26,27)(H,28,29). The third-order valence-electron chi connectivity index (χ3n) is 3.98. The fourth-order valence-electron chi connectivity index (χ4n) is 2.61. The highest BCUT2D eigenvalue weighted by Gasteiger charge is 2.17. The summed E-state index contributed by atoms with van der Waals surface area (Å²) >= 11 is 0. The Balaban J connectivity index is 2.14. The summed E-state index contributed by atoms with van der Waals surface area (Å²) < 4.78 is 1.21. The molecule has 3 rings (SSSR count). The zero-order valence-corrected chi connectivity index (χ0v) is 15.3. The molecule has 0 saturated heterocycles. The number of aromatic nitrogens is 3. The van der Waals surface area contributed by atoms with Crippen molar-refractivity contribution in [2.24, 2.45) is 5.16 Å². The first kappa shape index (κ1) is 20.3. The molecule has 154 valence electrons. The fourth-order valence-corrected chi connectivity index (χ4v) is 2.61. The monoisotopic (exact) mass is 414 g/mol. The predicted octanol–water partition coefficient (Wildman–Crippen LogP) is 1.27. The summed E-state index contributed by atoms with van der Waals surface area (Å²) in [6.45, 7) is 0.834. The number of aromatic carboxylic acids is 2. The first-order chi connectivity index (χ1) is 14.2. The Bertz CT molecular complexity index is 1180. The van der Waals surface area contributed by atoms with Gasteiger partial charge in [-0.3, -0.25) is 0 Å². The van der Waals surface area contributed by atoms with Crippen LogP contribution in [0.1, 0.15) is 32.0 Å². The smallest absolute Gasteiger partial charge is 0.344 e. The summed E-state index contributed by atoms with van der Waals surface area (Å²) in [5.41, 5.74) is 0.149. The van der Waals surface area contributed by atoms with Gasteiger partial charge in [0.05, 0.1) is 39.7 Å². The maximum absolute atomic E-state index is 11.3. The number of carbonyl (C=O) groups is 3. The third-order valence-corrected chi connectivity index (χ3v) is 3.98. The van der Waals surface area contributed by atoms with E-state index in [0.717, 1.165) is 12.3 Å². The number of benzene rings is 1. The van der Waals surface area contributed by atoms with E-state index in [1.165, 1.54) is 29.9 Å². The number of hydrogen-bond acceptors (Lipinski definition) is 8. The second-order valence-corrected chi connectivity index (χ2v) is 6.05. The summed E-state index contributed by atoms with van der Waals surface area (Å²) in [5, 5.41) is 45.4. The average molecular weight is 414 g/mol. The van der Waals surface area contributed by atoms with E-state index in [-0.39, 0.29) is 39.5 Å². The van der Waals surface area contributed by atoms with Crippen LogP contribution in [0.2, 0.25) is 0 Å². The Morgan fingerprint density at radius 2 is 1.77 bits per heavy atom. The molecule has 0 radical (unpaired) electrons. The maximum Gasteiger partial charge on any atom is 0.344 e. The molecule has 1 aromatic carbocycles. The van der Waals surface area contributed by atoms with Gasteiger partial charge in [-0.2, -0.15) is 0 Å². The lowest BCUT2D eigenvalue weighted by atomic mass is 10.1. The Kier molecular flexibility index (Phi) is 5.31. The average Bonchev–Trinajstić information content (AvgIpc) is 3.10. The highest BCUT2D eigenvalue weighted by Crippen LogP contribution is 2.28. The molecule has 12 nitrogen and oxygen atoms in total. The van der Waals surface area contributed by atoms with Crippen LogP contribution in [0.3, 0.4) is 0 Å². The number of pyridine rings is 1. The topological polar surface area (TPSA) is 184 Å². The van der Waals surface area contributed by atoms with Crippen molar-refractivity contribution in [1.29, 1.82) is 0 Å². The highest BCUT2D eigenvalue weighted by atomic mass is 16.6. The van der Waals surface area contributed by atoms with E-state index in [1.807, 2.05) is 0 Å². The Labute approximate surface area is 167 Å². The van der Waals surface area contributed by atoms with E-state index in [9.17, 15) is 29.7 Å². The Hall–Kier alpha value is -4.48. The van der Waals surface area contributed by atoms with Gasteiger partial charge in [-0.15, -0.1) is 5.10 Å². The van der Waals surface area contributed by atoms with Crippen molar-refractivity contribution in [3.63, 3.8) is 0 Å². The van der Waals surface area contributed by atoms with Crippen molar-refractivity contribution in [1.82, 2.24) is 14.8 Å². The fraction of sp³-hybridized carbons (Fsp3) is 0.111. The number of aryl methyl sites for hydroxylation is 1. The molecular formula is C18H14N4O8. The number of hydrogen-bond donors (Lipinski definition) is 4. The van der Waals surface area contributed by atoms with Crippen molar-refractivity contribution in [3.8, 4) is 11.4 Å². The molecule has 30 heavy (non-hydrogen) atoms. The van der Waals surface area contributed by atoms with Crippen LogP contribution in [0.5, 0.6) is 5.75 Å². The second-order valence-electron chi connectivity index (χ2n) is 6.05. The maximum atomic E-state index is 11.3. The van der Waals surface area contributed by atoms with Crippen LogP contribution < -0.4 is 0 Å². The summed E-state index contributed by atoms with van der Waals surface area (Å²) in [5.74, 6) is -4.10. The van der Waals surface area contributed by atoms with Gasteiger partial charge in [0.1, 0.15) is 5.75 Å². The van der Waals surface area contributed by atoms with Crippen LogP contribution in [-0.2, 0) is 9.63 Å². The molecular weight excluding hydrogens is 400 g/mol. The van der Waals surface area contributed by atoms with Crippen molar-refractivity contribution in [2.45, 2.75) is 6.92 Å². The summed E-state index contributed by atoms with van der Waals surface area (Å²) in [6, 6.07) is 3.48. The molecule has 0 aliphatic rings. The van der Waals surface area contributed by atoms with Crippen molar-refractivity contribution in [3.05, 3.63) is 46.8 Å². The number of oxime groups is 1. The number of fused-ring (bicyclic) bond motifs is 1. The second kappa shape index (κ2) is 7.87. The lowest BCUT2D eigenvalue weighted by Crippen LogP contribution is -2.06. The van der Waals surface area contributed by atoms with Crippen LogP contribution in [0, 0.1) is 6.92 Å². The first-order valence-corrected chi connectivity index (χ1v) is 8.25. The molecule has 3 aromatic rings. The molecule has 0 spiro atoms. The minimum atomic E-state index is -1.31.